The largest absolute Gasteiger partial charge is 0.394 e. The Morgan fingerprint density at radius 3 is 2.62 bits per heavy atom. The van der Waals surface area contributed by atoms with Crippen LogP contribution in [0.25, 0.3) is 0 Å². The molecule has 2 aromatic carbocycles. The first-order valence-corrected chi connectivity index (χ1v) is 7.61. The summed E-state index contributed by atoms with van der Waals surface area (Å²) in [6.07, 6.45) is 0.604. The standard InChI is InChI=1S/C17H18BrNO2/c1-12-7-8-16(18)15(9-12)17(21)19-14(11-20)10-13-5-3-2-4-6-13/h2-9,14,20H,10-11H2,1H3,(H,19,21)/t14-/m1/s1. The maximum absolute atomic E-state index is 12.3. The first-order valence-electron chi connectivity index (χ1n) is 6.82. The van der Waals surface area contributed by atoms with Crippen molar-refractivity contribution in [2.24, 2.45) is 0 Å². The monoisotopic (exact) mass is 347 g/mol. The number of amides is 1. The molecule has 2 N–H and O–H groups in total. The van der Waals surface area contributed by atoms with Crippen LogP contribution in [0.15, 0.2) is 53.0 Å². The van der Waals surface area contributed by atoms with Gasteiger partial charge in [-0.25, -0.2) is 0 Å². The molecule has 3 nitrogen and oxygen atoms in total. The molecule has 0 saturated carbocycles. The van der Waals surface area contributed by atoms with E-state index >= 15 is 0 Å². The van der Waals surface area contributed by atoms with Crippen molar-refractivity contribution < 1.29 is 9.90 Å². The second kappa shape index (κ2) is 7.38. The molecule has 2 rings (SSSR count). The zero-order valence-electron chi connectivity index (χ0n) is 11.8. The van der Waals surface area contributed by atoms with Crippen molar-refractivity contribution in [1.82, 2.24) is 5.32 Å². The first-order chi connectivity index (χ1) is 10.1. The number of carbonyl (C=O) groups is 1. The van der Waals surface area contributed by atoms with E-state index in [2.05, 4.69) is 21.2 Å². The number of halogens is 1. The quantitative estimate of drug-likeness (QED) is 0.872. The van der Waals surface area contributed by atoms with Crippen molar-refractivity contribution in [2.45, 2.75) is 19.4 Å². The molecule has 21 heavy (non-hydrogen) atoms. The van der Waals surface area contributed by atoms with Gasteiger partial charge < -0.3 is 10.4 Å². The predicted molar refractivity (Wildman–Crippen MR) is 87.4 cm³/mol. The number of aryl methyl sites for hydroxylation is 1. The van der Waals surface area contributed by atoms with Crippen LogP contribution >= 0.6 is 15.9 Å². The number of hydrogen-bond acceptors (Lipinski definition) is 2. The van der Waals surface area contributed by atoms with Gasteiger partial charge in [0, 0.05) is 4.47 Å². The lowest BCUT2D eigenvalue weighted by molar-refractivity contribution is 0.0915. The summed E-state index contributed by atoms with van der Waals surface area (Å²) in [4.78, 5) is 12.3. The minimum absolute atomic E-state index is 0.0932. The minimum atomic E-state index is -0.299. The molecule has 0 bridgehead atoms. The molecular weight excluding hydrogens is 330 g/mol. The highest BCUT2D eigenvalue weighted by atomic mass is 79.9. The van der Waals surface area contributed by atoms with Crippen LogP contribution in [0.3, 0.4) is 0 Å². The fourth-order valence-corrected chi connectivity index (χ4v) is 2.56. The Hall–Kier alpha value is -1.65. The molecule has 0 spiro atoms. The lowest BCUT2D eigenvalue weighted by Gasteiger charge is -2.17. The maximum atomic E-state index is 12.3. The van der Waals surface area contributed by atoms with Crippen molar-refractivity contribution in [2.75, 3.05) is 6.61 Å². The smallest absolute Gasteiger partial charge is 0.252 e. The third-order valence-corrected chi connectivity index (χ3v) is 3.94. The number of aliphatic hydroxyl groups is 1. The lowest BCUT2D eigenvalue weighted by atomic mass is 10.1. The Morgan fingerprint density at radius 2 is 1.95 bits per heavy atom. The molecule has 4 heteroatoms. The second-order valence-corrected chi connectivity index (χ2v) is 5.88. The molecule has 0 unspecified atom stereocenters. The van der Waals surface area contributed by atoms with Gasteiger partial charge in [0.05, 0.1) is 18.2 Å². The average molecular weight is 348 g/mol. The normalized spacial score (nSPS) is 12.0. The Morgan fingerprint density at radius 1 is 1.24 bits per heavy atom. The second-order valence-electron chi connectivity index (χ2n) is 5.03. The van der Waals surface area contributed by atoms with Crippen LogP contribution in [0.1, 0.15) is 21.5 Å². The molecule has 0 aliphatic carbocycles. The van der Waals surface area contributed by atoms with Gasteiger partial charge in [0.15, 0.2) is 0 Å². The molecule has 0 aromatic heterocycles. The summed E-state index contributed by atoms with van der Waals surface area (Å²) in [5, 5.41) is 12.4. The van der Waals surface area contributed by atoms with Gasteiger partial charge in [0.2, 0.25) is 0 Å². The van der Waals surface area contributed by atoms with Crippen molar-refractivity contribution in [3.05, 3.63) is 69.7 Å². The fourth-order valence-electron chi connectivity index (χ4n) is 2.14. The molecule has 1 atom stereocenters. The van der Waals surface area contributed by atoms with Crippen molar-refractivity contribution in [3.63, 3.8) is 0 Å². The van der Waals surface area contributed by atoms with Gasteiger partial charge in [-0.3, -0.25) is 4.79 Å². The molecule has 1 amide bonds. The third kappa shape index (κ3) is 4.41. The van der Waals surface area contributed by atoms with Gasteiger partial charge in [0.25, 0.3) is 5.91 Å². The summed E-state index contributed by atoms with van der Waals surface area (Å²) in [5.41, 5.74) is 2.69. The zero-order valence-corrected chi connectivity index (χ0v) is 13.4. The van der Waals surface area contributed by atoms with Gasteiger partial charge in [-0.1, -0.05) is 42.0 Å². The van der Waals surface area contributed by atoms with Crippen molar-refractivity contribution >= 4 is 21.8 Å². The Balaban J connectivity index is 2.07. The molecule has 110 valence electrons. The Bertz CT molecular complexity index is 613. The fraction of sp³-hybridized carbons (Fsp3) is 0.235. The summed E-state index contributed by atoms with van der Waals surface area (Å²) in [6.45, 7) is 1.85. The van der Waals surface area contributed by atoms with Gasteiger partial charge >= 0.3 is 0 Å². The number of benzene rings is 2. The first kappa shape index (κ1) is 15.7. The number of hydrogen-bond donors (Lipinski definition) is 2. The molecule has 0 radical (unpaired) electrons. The number of rotatable bonds is 5. The van der Waals surface area contributed by atoms with Crippen molar-refractivity contribution in [3.8, 4) is 0 Å². The van der Waals surface area contributed by atoms with Crippen LogP contribution in [-0.4, -0.2) is 23.7 Å². The highest BCUT2D eigenvalue weighted by Crippen LogP contribution is 2.18. The SMILES string of the molecule is Cc1ccc(Br)c(C(=O)N[C@@H](CO)Cc2ccccc2)c1. The summed E-state index contributed by atoms with van der Waals surface area (Å²) in [6, 6.07) is 15.1. The lowest BCUT2D eigenvalue weighted by Crippen LogP contribution is -2.39. The van der Waals surface area contributed by atoms with E-state index in [-0.39, 0.29) is 18.6 Å². The number of carbonyl (C=O) groups excluding carboxylic acids is 1. The van der Waals surface area contributed by atoms with E-state index in [1.54, 1.807) is 0 Å². The Labute approximate surface area is 133 Å². The highest BCUT2D eigenvalue weighted by molar-refractivity contribution is 9.10. The molecule has 0 fully saturated rings. The predicted octanol–water partition coefficient (Wildman–Crippen LogP) is 3.09. The molecule has 0 aliphatic rings. The van der Waals surface area contributed by atoms with E-state index in [1.807, 2.05) is 55.5 Å². The summed E-state index contributed by atoms with van der Waals surface area (Å²) < 4.78 is 0.752. The molecule has 0 aliphatic heterocycles. The van der Waals surface area contributed by atoms with E-state index < -0.39 is 0 Å². The Kier molecular flexibility index (Phi) is 5.53. The van der Waals surface area contributed by atoms with Crippen LogP contribution in [0.5, 0.6) is 0 Å². The van der Waals surface area contributed by atoms with Crippen LogP contribution in [0.4, 0.5) is 0 Å². The summed E-state index contributed by atoms with van der Waals surface area (Å²) in [7, 11) is 0. The average Bonchev–Trinajstić information content (AvgIpc) is 2.50. The maximum Gasteiger partial charge on any atom is 0.252 e. The van der Waals surface area contributed by atoms with Crippen LogP contribution < -0.4 is 5.32 Å². The van der Waals surface area contributed by atoms with E-state index in [4.69, 9.17) is 0 Å². The summed E-state index contributed by atoms with van der Waals surface area (Å²) >= 11 is 3.39. The van der Waals surface area contributed by atoms with E-state index in [9.17, 15) is 9.90 Å². The minimum Gasteiger partial charge on any atom is -0.394 e. The van der Waals surface area contributed by atoms with E-state index in [0.29, 0.717) is 12.0 Å². The van der Waals surface area contributed by atoms with Gasteiger partial charge in [-0.15, -0.1) is 0 Å². The molecule has 2 aromatic rings. The van der Waals surface area contributed by atoms with Crippen LogP contribution in [-0.2, 0) is 6.42 Å². The number of aliphatic hydroxyl groups excluding tert-OH is 1. The van der Waals surface area contributed by atoms with E-state index in [0.717, 1.165) is 15.6 Å². The third-order valence-electron chi connectivity index (χ3n) is 3.25. The number of nitrogens with one attached hydrogen (secondary N) is 1. The van der Waals surface area contributed by atoms with Crippen LogP contribution in [0, 0.1) is 6.92 Å². The topological polar surface area (TPSA) is 49.3 Å². The van der Waals surface area contributed by atoms with Gasteiger partial charge in [-0.05, 0) is 47.0 Å². The summed E-state index contributed by atoms with van der Waals surface area (Å²) in [5.74, 6) is -0.180. The molecule has 0 heterocycles. The van der Waals surface area contributed by atoms with E-state index in [1.165, 1.54) is 0 Å². The van der Waals surface area contributed by atoms with Gasteiger partial charge in [-0.2, -0.15) is 0 Å². The molecular formula is C17H18BrNO2. The highest BCUT2D eigenvalue weighted by Gasteiger charge is 2.15. The zero-order chi connectivity index (χ0) is 15.2. The van der Waals surface area contributed by atoms with Gasteiger partial charge in [0.1, 0.15) is 0 Å². The van der Waals surface area contributed by atoms with Crippen LogP contribution in [0.2, 0.25) is 0 Å². The van der Waals surface area contributed by atoms with Crippen molar-refractivity contribution in [1.29, 1.82) is 0 Å². The molecule has 0 saturated heterocycles.